The summed E-state index contributed by atoms with van der Waals surface area (Å²) in [5.74, 6) is -0.943. The molecule has 6 nitrogen and oxygen atoms in total. The molecule has 2 rings (SSSR count). The third-order valence-corrected chi connectivity index (χ3v) is 4.21. The van der Waals surface area contributed by atoms with Crippen molar-refractivity contribution in [3.05, 3.63) is 51.4 Å². The van der Waals surface area contributed by atoms with Crippen LogP contribution < -0.4 is 10.3 Å². The van der Waals surface area contributed by atoms with Crippen molar-refractivity contribution >= 4 is 11.9 Å². The molecule has 27 heavy (non-hydrogen) atoms. The molecule has 0 aliphatic carbocycles. The first-order valence-electron chi connectivity index (χ1n) is 8.95. The molecule has 0 saturated carbocycles. The van der Waals surface area contributed by atoms with E-state index in [1.807, 2.05) is 38.1 Å². The zero-order valence-corrected chi connectivity index (χ0v) is 16.3. The summed E-state index contributed by atoms with van der Waals surface area (Å²) in [7, 11) is 0. The van der Waals surface area contributed by atoms with Crippen LogP contribution in [0.5, 0.6) is 5.75 Å². The van der Waals surface area contributed by atoms with Crippen LogP contribution >= 0.6 is 0 Å². The molecule has 1 heterocycles. The van der Waals surface area contributed by atoms with E-state index in [0.717, 1.165) is 11.1 Å². The maximum Gasteiger partial charge on any atom is 0.310 e. The summed E-state index contributed by atoms with van der Waals surface area (Å²) in [5, 5.41) is 0. The third-order valence-electron chi connectivity index (χ3n) is 4.21. The second kappa shape index (κ2) is 8.66. The zero-order valence-electron chi connectivity index (χ0n) is 16.3. The van der Waals surface area contributed by atoms with E-state index in [2.05, 4.69) is 4.98 Å². The van der Waals surface area contributed by atoms with Gasteiger partial charge < -0.3 is 14.5 Å². The van der Waals surface area contributed by atoms with Gasteiger partial charge in [0.05, 0.1) is 13.0 Å². The summed E-state index contributed by atoms with van der Waals surface area (Å²) in [6.45, 7) is 9.02. The van der Waals surface area contributed by atoms with E-state index < -0.39 is 17.5 Å². The van der Waals surface area contributed by atoms with E-state index in [4.69, 9.17) is 9.47 Å². The Hall–Kier alpha value is -2.89. The minimum atomic E-state index is -0.602. The molecule has 6 heteroatoms. The summed E-state index contributed by atoms with van der Waals surface area (Å²) < 4.78 is 10.3. The van der Waals surface area contributed by atoms with Gasteiger partial charge in [0.25, 0.3) is 5.56 Å². The van der Waals surface area contributed by atoms with Gasteiger partial charge in [0.15, 0.2) is 0 Å². The van der Waals surface area contributed by atoms with Crippen LogP contribution in [0.1, 0.15) is 50.4 Å². The van der Waals surface area contributed by atoms with Gasteiger partial charge in [0, 0.05) is 18.2 Å². The fourth-order valence-corrected chi connectivity index (χ4v) is 3.07. The Morgan fingerprint density at radius 2 is 1.85 bits per heavy atom. The molecule has 0 aliphatic rings. The molecule has 1 aromatic carbocycles. The van der Waals surface area contributed by atoms with Crippen molar-refractivity contribution in [3.8, 4) is 16.9 Å². The van der Waals surface area contributed by atoms with Crippen LogP contribution in [0.15, 0.2) is 29.1 Å². The first-order chi connectivity index (χ1) is 12.8. The number of pyridine rings is 1. The van der Waals surface area contributed by atoms with Crippen LogP contribution in [0.2, 0.25) is 0 Å². The molecule has 1 N–H and O–H groups in total. The molecule has 0 spiro atoms. The van der Waals surface area contributed by atoms with E-state index in [0.29, 0.717) is 16.8 Å². The summed E-state index contributed by atoms with van der Waals surface area (Å²) >= 11 is 0. The molecule has 0 radical (unpaired) electrons. The van der Waals surface area contributed by atoms with Crippen molar-refractivity contribution in [3.63, 3.8) is 0 Å². The maximum atomic E-state index is 12.6. The molecule has 0 unspecified atom stereocenters. The fraction of sp³-hybridized carbons (Fsp3) is 0.381. The van der Waals surface area contributed by atoms with Gasteiger partial charge in [-0.15, -0.1) is 0 Å². The van der Waals surface area contributed by atoms with Gasteiger partial charge in [-0.1, -0.05) is 38.1 Å². The van der Waals surface area contributed by atoms with E-state index in [-0.39, 0.29) is 24.7 Å². The van der Waals surface area contributed by atoms with E-state index in [1.54, 1.807) is 13.8 Å². The number of rotatable bonds is 6. The van der Waals surface area contributed by atoms with E-state index in [9.17, 15) is 14.4 Å². The Morgan fingerprint density at radius 1 is 1.19 bits per heavy atom. The summed E-state index contributed by atoms with van der Waals surface area (Å²) in [6, 6.07) is 7.59. The van der Waals surface area contributed by atoms with Crippen LogP contribution in [-0.4, -0.2) is 23.5 Å². The standard InChI is InChI=1S/C21H25NO5/c1-6-26-18(24)11-17-13(4)22-21(25)20(27-14(5)23)19(17)16-10-8-7-9-15(16)12(2)3/h7-10,12H,6,11H2,1-5H3,(H,22,25). The molecule has 0 bridgehead atoms. The second-order valence-corrected chi connectivity index (χ2v) is 6.58. The van der Waals surface area contributed by atoms with Crippen LogP contribution in [-0.2, 0) is 20.7 Å². The van der Waals surface area contributed by atoms with Crippen molar-refractivity contribution in [2.75, 3.05) is 6.61 Å². The van der Waals surface area contributed by atoms with Gasteiger partial charge in [-0.05, 0) is 36.5 Å². The van der Waals surface area contributed by atoms with Crippen molar-refractivity contribution < 1.29 is 19.1 Å². The Kier molecular flexibility index (Phi) is 6.55. The molecular formula is C21H25NO5. The Bertz CT molecular complexity index is 911. The number of nitrogens with one attached hydrogen (secondary N) is 1. The monoisotopic (exact) mass is 371 g/mol. The van der Waals surface area contributed by atoms with Gasteiger partial charge >= 0.3 is 11.9 Å². The largest absolute Gasteiger partial charge is 0.466 e. The highest BCUT2D eigenvalue weighted by Crippen LogP contribution is 2.37. The Morgan fingerprint density at radius 3 is 2.44 bits per heavy atom. The van der Waals surface area contributed by atoms with E-state index >= 15 is 0 Å². The zero-order chi connectivity index (χ0) is 20.1. The highest BCUT2D eigenvalue weighted by atomic mass is 16.5. The number of aryl methyl sites for hydroxylation is 1. The number of benzene rings is 1. The predicted molar refractivity (Wildman–Crippen MR) is 103 cm³/mol. The summed E-state index contributed by atoms with van der Waals surface area (Å²) in [4.78, 5) is 39.0. The average molecular weight is 371 g/mol. The smallest absolute Gasteiger partial charge is 0.310 e. The lowest BCUT2D eigenvalue weighted by Crippen LogP contribution is -2.20. The predicted octanol–water partition coefficient (Wildman–Crippen LogP) is 3.50. The second-order valence-electron chi connectivity index (χ2n) is 6.58. The molecule has 0 atom stereocenters. The summed E-state index contributed by atoms with van der Waals surface area (Å²) in [6.07, 6.45) is -0.0352. The number of aromatic amines is 1. The topological polar surface area (TPSA) is 85.5 Å². The van der Waals surface area contributed by atoms with Crippen molar-refractivity contribution in [1.82, 2.24) is 4.98 Å². The van der Waals surface area contributed by atoms with Gasteiger partial charge in [-0.2, -0.15) is 0 Å². The average Bonchev–Trinajstić information content (AvgIpc) is 2.59. The normalized spacial score (nSPS) is 10.7. The highest BCUT2D eigenvalue weighted by molar-refractivity contribution is 5.84. The lowest BCUT2D eigenvalue weighted by atomic mass is 9.88. The van der Waals surface area contributed by atoms with Gasteiger partial charge in [-0.25, -0.2) is 0 Å². The Balaban J connectivity index is 2.84. The lowest BCUT2D eigenvalue weighted by molar-refractivity contribution is -0.142. The maximum absolute atomic E-state index is 12.6. The van der Waals surface area contributed by atoms with Gasteiger partial charge in [0.2, 0.25) is 5.75 Å². The minimum Gasteiger partial charge on any atom is -0.466 e. The van der Waals surface area contributed by atoms with Crippen LogP contribution in [0.4, 0.5) is 0 Å². The number of H-pyrrole nitrogens is 1. The third kappa shape index (κ3) is 4.64. The van der Waals surface area contributed by atoms with Crippen molar-refractivity contribution in [2.24, 2.45) is 0 Å². The van der Waals surface area contributed by atoms with E-state index in [1.165, 1.54) is 6.92 Å². The molecule has 144 valence electrons. The molecule has 0 saturated heterocycles. The van der Waals surface area contributed by atoms with Crippen LogP contribution in [0.25, 0.3) is 11.1 Å². The molecular weight excluding hydrogens is 346 g/mol. The van der Waals surface area contributed by atoms with Crippen LogP contribution in [0, 0.1) is 6.92 Å². The van der Waals surface area contributed by atoms with Crippen molar-refractivity contribution in [2.45, 2.75) is 47.0 Å². The minimum absolute atomic E-state index is 0.0352. The van der Waals surface area contributed by atoms with Gasteiger partial charge in [0.1, 0.15) is 0 Å². The molecule has 0 amide bonds. The number of ether oxygens (including phenoxy) is 2. The highest BCUT2D eigenvalue weighted by Gasteiger charge is 2.24. The molecule has 0 fully saturated rings. The number of carbonyl (C=O) groups excluding carboxylic acids is 2. The molecule has 0 aliphatic heterocycles. The van der Waals surface area contributed by atoms with Gasteiger partial charge in [-0.3, -0.25) is 14.4 Å². The summed E-state index contributed by atoms with van der Waals surface area (Å²) in [5.41, 5.74) is 2.82. The SMILES string of the molecule is CCOC(=O)Cc1c(C)[nH]c(=O)c(OC(C)=O)c1-c1ccccc1C(C)C. The quantitative estimate of drug-likeness (QED) is 0.786. The van der Waals surface area contributed by atoms with Crippen molar-refractivity contribution in [1.29, 1.82) is 0 Å². The number of aromatic nitrogens is 1. The first-order valence-corrected chi connectivity index (χ1v) is 8.95. The fourth-order valence-electron chi connectivity index (χ4n) is 3.07. The number of hydrogen-bond acceptors (Lipinski definition) is 5. The molecule has 2 aromatic rings. The van der Waals surface area contributed by atoms with Crippen LogP contribution in [0.3, 0.4) is 0 Å². The first kappa shape index (κ1) is 20.4. The Labute approximate surface area is 158 Å². The number of hydrogen-bond donors (Lipinski definition) is 1. The molecule has 1 aromatic heterocycles. The lowest BCUT2D eigenvalue weighted by Gasteiger charge is -2.19. The number of carbonyl (C=O) groups is 2. The number of esters is 2.